The first kappa shape index (κ1) is 17.3. The van der Waals surface area contributed by atoms with Crippen LogP contribution in [0.4, 0.5) is 0 Å². The molecule has 0 spiro atoms. The first-order chi connectivity index (χ1) is 13.2. The number of likely N-dealkylation sites (tertiary alicyclic amines) is 1. The summed E-state index contributed by atoms with van der Waals surface area (Å²) in [6.07, 6.45) is 12.7. The van der Waals surface area contributed by atoms with Crippen LogP contribution in [-0.4, -0.2) is 48.4 Å². The minimum Gasteiger partial charge on any atom is -0.338 e. The molecule has 1 atom stereocenters. The largest absolute Gasteiger partial charge is 0.338 e. The minimum atomic E-state index is -0.00920. The highest BCUT2D eigenvalue weighted by Gasteiger charge is 2.28. The highest BCUT2D eigenvalue weighted by atomic mass is 16.2. The van der Waals surface area contributed by atoms with E-state index in [-0.39, 0.29) is 11.8 Å². The third-order valence-electron chi connectivity index (χ3n) is 4.93. The summed E-state index contributed by atoms with van der Waals surface area (Å²) in [5.41, 5.74) is 1.68. The zero-order valence-electron chi connectivity index (χ0n) is 15.3. The summed E-state index contributed by atoms with van der Waals surface area (Å²) in [6.45, 7) is 3.97. The van der Waals surface area contributed by atoms with E-state index in [0.29, 0.717) is 17.9 Å². The topological polar surface area (TPSA) is 76.8 Å². The molecular formula is C20H22N6O. The van der Waals surface area contributed by atoms with Crippen molar-refractivity contribution < 1.29 is 4.79 Å². The monoisotopic (exact) mass is 362 g/mol. The molecule has 1 aliphatic rings. The van der Waals surface area contributed by atoms with Gasteiger partial charge in [-0.3, -0.25) is 9.78 Å². The van der Waals surface area contributed by atoms with E-state index in [1.165, 1.54) is 0 Å². The van der Waals surface area contributed by atoms with Gasteiger partial charge in [0.15, 0.2) is 0 Å². The van der Waals surface area contributed by atoms with Gasteiger partial charge >= 0.3 is 0 Å². The molecule has 0 N–H and O–H groups in total. The first-order valence-electron chi connectivity index (χ1n) is 9.18. The van der Waals surface area contributed by atoms with Crippen LogP contribution in [0.25, 0.3) is 0 Å². The molecule has 138 valence electrons. The third kappa shape index (κ3) is 3.86. The van der Waals surface area contributed by atoms with E-state index < -0.39 is 0 Å². The van der Waals surface area contributed by atoms with Gasteiger partial charge in [0.1, 0.15) is 11.6 Å². The van der Waals surface area contributed by atoms with Crippen LogP contribution in [0.15, 0.2) is 49.3 Å². The van der Waals surface area contributed by atoms with Crippen LogP contribution in [0.5, 0.6) is 0 Å². The van der Waals surface area contributed by atoms with E-state index in [1.54, 1.807) is 18.6 Å². The number of aromatic nitrogens is 5. The Balaban J connectivity index is 1.50. The molecule has 0 bridgehead atoms. The summed E-state index contributed by atoms with van der Waals surface area (Å²) in [6, 6.07) is 4.00. The van der Waals surface area contributed by atoms with E-state index >= 15 is 0 Å². The van der Waals surface area contributed by atoms with Crippen molar-refractivity contribution in [2.24, 2.45) is 0 Å². The first-order valence-corrected chi connectivity index (χ1v) is 9.18. The van der Waals surface area contributed by atoms with Crippen molar-refractivity contribution in [3.63, 3.8) is 0 Å². The molecule has 3 aromatic heterocycles. The molecule has 3 aromatic rings. The Morgan fingerprint density at radius 2 is 2.04 bits per heavy atom. The molecule has 0 radical (unpaired) electrons. The van der Waals surface area contributed by atoms with Crippen LogP contribution < -0.4 is 0 Å². The van der Waals surface area contributed by atoms with Crippen LogP contribution in [0.2, 0.25) is 0 Å². The predicted molar refractivity (Wildman–Crippen MR) is 100 cm³/mol. The summed E-state index contributed by atoms with van der Waals surface area (Å²) >= 11 is 0. The van der Waals surface area contributed by atoms with Crippen molar-refractivity contribution in [3.05, 3.63) is 72.1 Å². The van der Waals surface area contributed by atoms with Crippen LogP contribution in [-0.2, 0) is 6.54 Å². The molecule has 1 aliphatic heterocycles. The number of hydrogen-bond acceptors (Lipinski definition) is 5. The minimum absolute atomic E-state index is 0.00920. The molecule has 4 heterocycles. The molecule has 1 fully saturated rings. The molecule has 1 amide bonds. The second-order valence-corrected chi connectivity index (χ2v) is 6.88. The molecule has 0 saturated carbocycles. The molecule has 4 rings (SSSR count). The standard InChI is InChI=1S/C20H22N6O/c1-15-23-11-18(12-24-15)20(27)26-8-3-5-17(14-26)19-22-7-9-25(19)13-16-4-2-6-21-10-16/h2,4,6-7,9-12,17H,3,5,8,13-14H2,1H3. The van der Waals surface area contributed by atoms with Crippen molar-refractivity contribution in [1.29, 1.82) is 0 Å². The van der Waals surface area contributed by atoms with Gasteiger partial charge in [0.05, 0.1) is 12.1 Å². The summed E-state index contributed by atoms with van der Waals surface area (Å²) in [7, 11) is 0. The molecule has 7 heteroatoms. The Hall–Kier alpha value is -3.09. The summed E-state index contributed by atoms with van der Waals surface area (Å²) < 4.78 is 2.16. The van der Waals surface area contributed by atoms with Gasteiger partial charge in [-0.15, -0.1) is 0 Å². The Kier molecular flexibility index (Phi) is 4.91. The van der Waals surface area contributed by atoms with Crippen LogP contribution in [0.1, 0.15) is 46.3 Å². The maximum atomic E-state index is 12.8. The quantitative estimate of drug-likeness (QED) is 0.712. The SMILES string of the molecule is Cc1ncc(C(=O)N2CCCC(c3nccn3Cc3cccnc3)C2)cn1. The van der Waals surface area contributed by atoms with Crippen molar-refractivity contribution in [3.8, 4) is 0 Å². The number of nitrogens with zero attached hydrogens (tertiary/aromatic N) is 6. The van der Waals surface area contributed by atoms with Gasteiger partial charge in [-0.25, -0.2) is 15.0 Å². The van der Waals surface area contributed by atoms with Gasteiger partial charge in [0.2, 0.25) is 0 Å². The normalized spacial score (nSPS) is 17.1. The van der Waals surface area contributed by atoms with Crippen molar-refractivity contribution in [2.75, 3.05) is 13.1 Å². The van der Waals surface area contributed by atoms with Crippen LogP contribution in [0, 0.1) is 6.92 Å². The zero-order valence-corrected chi connectivity index (χ0v) is 15.3. The van der Waals surface area contributed by atoms with Crippen molar-refractivity contribution >= 4 is 5.91 Å². The Morgan fingerprint density at radius 3 is 2.81 bits per heavy atom. The smallest absolute Gasteiger partial charge is 0.257 e. The summed E-state index contributed by atoms with van der Waals surface area (Å²) in [5.74, 6) is 1.91. The highest BCUT2D eigenvalue weighted by Crippen LogP contribution is 2.27. The molecule has 1 saturated heterocycles. The van der Waals surface area contributed by atoms with Crippen molar-refractivity contribution in [1.82, 2.24) is 29.4 Å². The number of imidazole rings is 1. The second-order valence-electron chi connectivity index (χ2n) is 6.88. The van der Waals surface area contributed by atoms with E-state index in [1.807, 2.05) is 36.5 Å². The van der Waals surface area contributed by atoms with E-state index in [2.05, 4.69) is 30.6 Å². The van der Waals surface area contributed by atoms with Gasteiger partial charge < -0.3 is 9.47 Å². The van der Waals surface area contributed by atoms with E-state index in [4.69, 9.17) is 0 Å². The number of rotatable bonds is 4. The molecule has 1 unspecified atom stereocenters. The number of amides is 1. The fourth-order valence-corrected chi connectivity index (χ4v) is 3.56. The van der Waals surface area contributed by atoms with Gasteiger partial charge in [0.25, 0.3) is 5.91 Å². The van der Waals surface area contributed by atoms with Gasteiger partial charge in [-0.2, -0.15) is 0 Å². The van der Waals surface area contributed by atoms with Crippen LogP contribution >= 0.6 is 0 Å². The molecule has 0 aromatic carbocycles. The lowest BCUT2D eigenvalue weighted by Crippen LogP contribution is -2.40. The van der Waals surface area contributed by atoms with E-state index in [9.17, 15) is 4.79 Å². The summed E-state index contributed by atoms with van der Waals surface area (Å²) in [5, 5.41) is 0. The summed E-state index contributed by atoms with van der Waals surface area (Å²) in [4.78, 5) is 31.8. The number of pyridine rings is 1. The fourth-order valence-electron chi connectivity index (χ4n) is 3.56. The highest BCUT2D eigenvalue weighted by molar-refractivity contribution is 5.93. The average molecular weight is 362 g/mol. The number of hydrogen-bond donors (Lipinski definition) is 0. The number of carbonyl (C=O) groups is 1. The Bertz CT molecular complexity index is 906. The zero-order chi connectivity index (χ0) is 18.6. The Morgan fingerprint density at radius 1 is 1.19 bits per heavy atom. The van der Waals surface area contributed by atoms with Gasteiger partial charge in [-0.1, -0.05) is 6.07 Å². The second kappa shape index (κ2) is 7.65. The van der Waals surface area contributed by atoms with Crippen LogP contribution in [0.3, 0.4) is 0 Å². The number of piperidine rings is 1. The molecule has 27 heavy (non-hydrogen) atoms. The molecule has 0 aliphatic carbocycles. The maximum Gasteiger partial charge on any atom is 0.257 e. The lowest BCUT2D eigenvalue weighted by Gasteiger charge is -2.32. The van der Waals surface area contributed by atoms with Crippen molar-refractivity contribution in [2.45, 2.75) is 32.2 Å². The van der Waals surface area contributed by atoms with Gasteiger partial charge in [0, 0.05) is 56.2 Å². The molecular weight excluding hydrogens is 340 g/mol. The molecule has 7 nitrogen and oxygen atoms in total. The lowest BCUT2D eigenvalue weighted by molar-refractivity contribution is 0.0702. The lowest BCUT2D eigenvalue weighted by atomic mass is 9.96. The number of aryl methyl sites for hydroxylation is 1. The van der Waals surface area contributed by atoms with Gasteiger partial charge in [-0.05, 0) is 31.4 Å². The maximum absolute atomic E-state index is 12.8. The third-order valence-corrected chi connectivity index (χ3v) is 4.93. The fraction of sp³-hybridized carbons (Fsp3) is 0.350. The number of carbonyl (C=O) groups excluding carboxylic acids is 1. The average Bonchev–Trinajstić information content (AvgIpc) is 3.17. The Labute approximate surface area is 158 Å². The predicted octanol–water partition coefficient (Wildman–Crippen LogP) is 2.44. The van der Waals surface area contributed by atoms with E-state index in [0.717, 1.165) is 37.3 Å².